The van der Waals surface area contributed by atoms with Crippen molar-refractivity contribution >= 4 is 107 Å². The van der Waals surface area contributed by atoms with Crippen molar-refractivity contribution in [2.24, 2.45) is 4.99 Å². The molecule has 0 aliphatic heterocycles. The lowest BCUT2D eigenvalue weighted by Crippen LogP contribution is -2.23. The first kappa shape index (κ1) is 29.5. The van der Waals surface area contributed by atoms with Gasteiger partial charge in [-0.3, -0.25) is 0 Å². The molecule has 0 aliphatic rings. The second-order valence-corrected chi connectivity index (χ2v) is 13.5. The molecule has 0 fully saturated rings. The van der Waals surface area contributed by atoms with Gasteiger partial charge in [0.2, 0.25) is 6.40 Å². The molecule has 0 bridgehead atoms. The number of hydrogen-bond donors (Lipinski definition) is 2. The monoisotopic (exact) mass is 546 g/mol. The molecule has 0 aromatic carbocycles. The predicted molar refractivity (Wildman–Crippen MR) is 138 cm³/mol. The van der Waals surface area contributed by atoms with Crippen LogP contribution in [0.15, 0.2) is 4.99 Å². The molecule has 0 aliphatic carbocycles. The highest BCUT2D eigenvalue weighted by atomic mass is 32.2. The Kier molecular flexibility index (Phi) is 27.9. The Hall–Kier alpha value is 1.46. The second-order valence-electron chi connectivity index (χ2n) is 4.06. The highest BCUT2D eigenvalue weighted by molar-refractivity contribution is 8.23. The minimum atomic E-state index is -0.364. The number of aliphatic hydroxyl groups is 1. The summed E-state index contributed by atoms with van der Waals surface area (Å²) in [6, 6.07) is 0. The van der Waals surface area contributed by atoms with E-state index in [-0.39, 0.29) is 12.0 Å². The molecule has 0 atom stereocenters. The van der Waals surface area contributed by atoms with Crippen LogP contribution in [0.25, 0.3) is 0 Å². The van der Waals surface area contributed by atoms with Crippen LogP contribution in [0.2, 0.25) is 0 Å². The van der Waals surface area contributed by atoms with Crippen LogP contribution in [0.3, 0.4) is 0 Å². The molecule has 0 saturated carbocycles. The molecule has 0 aromatic heterocycles. The number of aliphatic imine (C=N–C) groups is 1. The number of carbonyl (C=O) groups excluding carboxylic acids is 1. The summed E-state index contributed by atoms with van der Waals surface area (Å²) in [5, 5.41) is 15.9. The molecule has 15 heteroatoms. The molecule has 0 heterocycles. The van der Waals surface area contributed by atoms with Gasteiger partial charge in [-0.2, -0.15) is 16.6 Å². The topological polar surface area (TPSA) is 89.4 Å². The Morgan fingerprint density at radius 1 is 0.964 bits per heavy atom. The lowest BCUT2D eigenvalue weighted by Gasteiger charge is -2.06. The Balaban J connectivity index is 3.18. The van der Waals surface area contributed by atoms with Crippen LogP contribution in [0, 0.1) is 0 Å². The van der Waals surface area contributed by atoms with Crippen LogP contribution in [0.5, 0.6) is 0 Å². The highest BCUT2D eigenvalue weighted by Gasteiger charge is 2.01. The van der Waals surface area contributed by atoms with E-state index in [1.54, 1.807) is 58.8 Å². The fourth-order valence-electron chi connectivity index (χ4n) is 1.03. The van der Waals surface area contributed by atoms with E-state index in [2.05, 4.69) is 16.6 Å². The predicted octanol–water partition coefficient (Wildman–Crippen LogP) is 4.75. The third-order valence-corrected chi connectivity index (χ3v) is 10.4. The maximum atomic E-state index is 11.4. The number of carbonyl (C=O) groups is 1. The first-order valence-corrected chi connectivity index (χ1v) is 17.1. The van der Waals surface area contributed by atoms with Gasteiger partial charge in [-0.15, -0.1) is 82.3 Å². The van der Waals surface area contributed by atoms with E-state index in [0.29, 0.717) is 23.6 Å². The zero-order chi connectivity index (χ0) is 20.5. The van der Waals surface area contributed by atoms with Crippen molar-refractivity contribution in [3.05, 3.63) is 0 Å². The summed E-state index contributed by atoms with van der Waals surface area (Å²) in [6.07, 6.45) is 3.00. The molecule has 28 heavy (non-hydrogen) atoms. The van der Waals surface area contributed by atoms with E-state index in [0.717, 1.165) is 25.4 Å². The van der Waals surface area contributed by atoms with Gasteiger partial charge in [-0.1, -0.05) is 0 Å². The average molecular weight is 547 g/mol. The third-order valence-electron chi connectivity index (χ3n) is 2.03. The van der Waals surface area contributed by atoms with Gasteiger partial charge in [-0.25, -0.2) is 9.79 Å². The molecule has 1 amide bonds. The molecule has 0 spiro atoms. The molecule has 0 saturated heterocycles. The maximum Gasteiger partial charge on any atom is 0.408 e. The fraction of sp³-hybridized carbons (Fsp3) is 0.846. The van der Waals surface area contributed by atoms with Crippen molar-refractivity contribution in [2.45, 2.75) is 0 Å². The lowest BCUT2D eigenvalue weighted by molar-refractivity contribution is -0.196. The van der Waals surface area contributed by atoms with Crippen molar-refractivity contribution in [2.75, 3.05) is 61.3 Å². The first-order chi connectivity index (χ1) is 13.8. The quantitative estimate of drug-likeness (QED) is 0.0518. The number of thioether (sulfide) groups is 8. The van der Waals surface area contributed by atoms with Gasteiger partial charge in [0.05, 0.1) is 17.7 Å². The number of rotatable bonds is 21. The molecule has 7 nitrogen and oxygen atoms in total. The molecular weight excluding hydrogens is 521 g/mol. The summed E-state index contributed by atoms with van der Waals surface area (Å²) in [5.74, 6) is 2.05. The number of alkyl carbamates (subject to hydrolysis) is 1. The van der Waals surface area contributed by atoms with E-state index >= 15 is 0 Å². The third kappa shape index (κ3) is 25.5. The number of nitrogens with one attached hydrogen (secondary N) is 1. The van der Waals surface area contributed by atoms with E-state index < -0.39 is 0 Å². The van der Waals surface area contributed by atoms with Crippen molar-refractivity contribution in [3.63, 3.8) is 0 Å². The number of nitrogens with zero attached hydrogens (tertiary/aromatic N) is 1. The molecule has 0 aromatic rings. The smallest absolute Gasteiger partial charge is 0.408 e. The molecule has 166 valence electrons. The van der Waals surface area contributed by atoms with Crippen LogP contribution < -0.4 is 5.32 Å². The minimum Gasteiger partial charge on any atom is -0.438 e. The summed E-state index contributed by atoms with van der Waals surface area (Å²) in [6.45, 7) is 0. The van der Waals surface area contributed by atoms with Gasteiger partial charge in [0.15, 0.2) is 0 Å². The Labute approximate surface area is 201 Å². The van der Waals surface area contributed by atoms with Crippen LogP contribution in [-0.4, -0.2) is 78.9 Å². The zero-order valence-electron chi connectivity index (χ0n) is 15.4. The van der Waals surface area contributed by atoms with Crippen LogP contribution in [-0.2, 0) is 14.5 Å². The maximum absolute atomic E-state index is 11.4. The van der Waals surface area contributed by atoms with E-state index in [1.165, 1.54) is 29.9 Å². The average Bonchev–Trinajstić information content (AvgIpc) is 2.70. The molecular formula is C13H26N2O5S8. The van der Waals surface area contributed by atoms with Crippen molar-refractivity contribution in [1.82, 2.24) is 5.32 Å². The van der Waals surface area contributed by atoms with E-state index in [4.69, 9.17) is 19.6 Å². The summed E-state index contributed by atoms with van der Waals surface area (Å²) in [5.41, 5.74) is 0. The summed E-state index contributed by atoms with van der Waals surface area (Å²) in [7, 11) is 0. The Morgan fingerprint density at radius 2 is 1.68 bits per heavy atom. The van der Waals surface area contributed by atoms with Crippen LogP contribution >= 0.6 is 94.1 Å². The minimum absolute atomic E-state index is 0.115. The van der Waals surface area contributed by atoms with Gasteiger partial charge in [0.25, 0.3) is 0 Å². The van der Waals surface area contributed by atoms with Gasteiger partial charge in [0, 0.05) is 25.4 Å². The summed E-state index contributed by atoms with van der Waals surface area (Å²) < 4.78 is 5.06. The molecule has 2 N–H and O–H groups in total. The van der Waals surface area contributed by atoms with Crippen molar-refractivity contribution in [3.8, 4) is 0 Å². The SMILES string of the molecule is CSCSCSCOC(=O)NCSCSCSCN=COOCSCSCO. The van der Waals surface area contributed by atoms with Crippen molar-refractivity contribution in [1.29, 1.82) is 0 Å². The Bertz CT molecular complexity index is 374. The molecule has 0 rings (SSSR count). The molecule has 0 unspecified atom stereocenters. The number of aliphatic hydroxyl groups excluding tert-OH is 1. The Morgan fingerprint density at radius 3 is 2.50 bits per heavy atom. The number of amides is 1. The fourth-order valence-corrected chi connectivity index (χ4v) is 7.53. The van der Waals surface area contributed by atoms with Gasteiger partial charge < -0.3 is 20.0 Å². The summed E-state index contributed by atoms with van der Waals surface area (Å²) in [4.78, 5) is 25.2. The molecule has 0 radical (unpaired) electrons. The second kappa shape index (κ2) is 26.5. The standard InChI is InChI=1S/C13H26N2O5S8/c1-21-8-27-12-25-6-18-13(17)15-4-23-10-28-9-22-3-14-2-19-20-7-26-11-24-5-16/h2,16H,3-12H2,1H3,(H,15,17). The van der Waals surface area contributed by atoms with E-state index in [9.17, 15) is 4.79 Å². The van der Waals surface area contributed by atoms with E-state index in [1.807, 2.05) is 11.8 Å². The number of hydrogen-bond acceptors (Lipinski definition) is 14. The van der Waals surface area contributed by atoms with Gasteiger partial charge in [-0.05, 0) is 6.26 Å². The first-order valence-electron chi connectivity index (χ1n) is 7.62. The zero-order valence-corrected chi connectivity index (χ0v) is 22.0. The van der Waals surface area contributed by atoms with Gasteiger partial charge in [0.1, 0.15) is 11.9 Å². The lowest BCUT2D eigenvalue weighted by atomic mass is 11.1. The number of ether oxygens (including phenoxy) is 1. The van der Waals surface area contributed by atoms with Crippen LogP contribution in [0.4, 0.5) is 4.79 Å². The normalized spacial score (nSPS) is 11.1. The summed E-state index contributed by atoms with van der Waals surface area (Å²) >= 11 is 13.2. The van der Waals surface area contributed by atoms with Crippen LogP contribution in [0.1, 0.15) is 0 Å². The van der Waals surface area contributed by atoms with Crippen molar-refractivity contribution < 1.29 is 24.4 Å². The van der Waals surface area contributed by atoms with Gasteiger partial charge >= 0.3 is 6.09 Å². The largest absolute Gasteiger partial charge is 0.438 e. The highest BCUT2D eigenvalue weighted by Crippen LogP contribution is 2.17.